The molecule has 0 radical (unpaired) electrons. The van der Waals surface area contributed by atoms with Gasteiger partial charge in [-0.3, -0.25) is 19.2 Å². The minimum Gasteiger partial charge on any atom is -0.544 e. The van der Waals surface area contributed by atoms with Crippen LogP contribution in [0.2, 0.25) is 0 Å². The van der Waals surface area contributed by atoms with Crippen molar-refractivity contribution in [2.75, 3.05) is 25.7 Å². The van der Waals surface area contributed by atoms with Gasteiger partial charge in [-0.05, 0) is 6.26 Å². The van der Waals surface area contributed by atoms with Gasteiger partial charge in [-0.2, -0.15) is 5.06 Å². The topological polar surface area (TPSA) is 186 Å². The number of ether oxygens (including phenoxy) is 1. The van der Waals surface area contributed by atoms with E-state index >= 15 is 0 Å². The number of nitrogens with two attached hydrogens (primary N) is 1. The van der Waals surface area contributed by atoms with Gasteiger partial charge in [-0.25, -0.2) is 4.98 Å². The van der Waals surface area contributed by atoms with E-state index in [2.05, 4.69) is 20.3 Å². The molecule has 13 nitrogen and oxygen atoms in total. The smallest absolute Gasteiger partial charge is 0.544 e. The Labute approximate surface area is 205 Å². The minimum absolute atomic E-state index is 0. The van der Waals surface area contributed by atoms with E-state index in [9.17, 15) is 24.3 Å². The summed E-state index contributed by atoms with van der Waals surface area (Å²) in [5.74, 6) is -4.43. The Balaban J connectivity index is 0.00000341. The Kier molecular flexibility index (Phi) is 7.94. The number of aliphatic carboxylic acids is 1. The number of carboxylic acid groups (broad SMARTS) is 1. The average molecular weight is 481 g/mol. The minimum atomic E-state index is -2.41. The van der Waals surface area contributed by atoms with Crippen molar-refractivity contribution in [2.24, 2.45) is 5.16 Å². The van der Waals surface area contributed by atoms with Crippen molar-refractivity contribution < 1.29 is 68.3 Å². The van der Waals surface area contributed by atoms with Crippen LogP contribution in [0.25, 0.3) is 0 Å². The molecule has 16 heteroatoms. The van der Waals surface area contributed by atoms with Gasteiger partial charge in [-0.1, -0.05) is 5.16 Å². The van der Waals surface area contributed by atoms with Gasteiger partial charge in [0.05, 0.1) is 6.42 Å². The second-order valence-corrected chi connectivity index (χ2v) is 8.09. The molecule has 0 aromatic carbocycles. The third kappa shape index (κ3) is 4.51. The Bertz CT molecular complexity index is 942. The van der Waals surface area contributed by atoms with Gasteiger partial charge in [0.25, 0.3) is 17.5 Å². The number of carbonyl (C=O) groups is 4. The van der Waals surface area contributed by atoms with Crippen molar-refractivity contribution in [3.63, 3.8) is 0 Å². The predicted octanol–water partition coefficient (Wildman–Crippen LogP) is -5.19. The molecule has 0 spiro atoms. The van der Waals surface area contributed by atoms with Crippen molar-refractivity contribution in [1.29, 1.82) is 0 Å². The van der Waals surface area contributed by atoms with Crippen LogP contribution in [0.3, 0.4) is 0 Å². The number of oxime groups is 1. The molecule has 2 aliphatic heterocycles. The third-order valence-corrected chi connectivity index (χ3v) is 6.12. The van der Waals surface area contributed by atoms with Crippen molar-refractivity contribution in [2.45, 2.75) is 23.4 Å². The summed E-state index contributed by atoms with van der Waals surface area (Å²) in [5.41, 5.74) is 3.03. The summed E-state index contributed by atoms with van der Waals surface area (Å²) in [7, 11) is 1.22. The SMILES string of the molecule is CO/N=C(\C(=O)N[C@]1(SC)CON(C2(C(=O)[O-])CCC(=O)O2)C1=O)c1csc(N)n1.[Na+]. The molecule has 3 rings (SSSR count). The molecule has 2 amide bonds. The number of thiazole rings is 1. The third-order valence-electron chi connectivity index (χ3n) is 4.35. The van der Waals surface area contributed by atoms with E-state index in [1.165, 1.54) is 18.7 Å². The maximum absolute atomic E-state index is 13.1. The zero-order valence-corrected chi connectivity index (χ0v) is 20.3. The zero-order chi connectivity index (χ0) is 22.1. The van der Waals surface area contributed by atoms with Crippen LogP contribution in [0.15, 0.2) is 10.5 Å². The molecule has 1 aromatic heterocycles. The molecule has 0 bridgehead atoms. The number of carboxylic acids is 1. The van der Waals surface area contributed by atoms with Gasteiger partial charge >= 0.3 is 35.5 Å². The summed E-state index contributed by atoms with van der Waals surface area (Å²) in [5, 5.41) is 19.9. The van der Waals surface area contributed by atoms with Crippen LogP contribution in [-0.2, 0) is 33.6 Å². The number of aromatic nitrogens is 1. The quantitative estimate of drug-likeness (QED) is 0.125. The average Bonchev–Trinajstić information content (AvgIpc) is 3.39. The molecule has 162 valence electrons. The fourth-order valence-electron chi connectivity index (χ4n) is 2.86. The molecule has 0 aliphatic carbocycles. The number of cyclic esters (lactones) is 1. The number of nitrogens with zero attached hydrogens (tertiary/aromatic N) is 3. The van der Waals surface area contributed by atoms with Crippen LogP contribution in [0.1, 0.15) is 18.5 Å². The first-order chi connectivity index (χ1) is 14.2. The number of anilines is 1. The first-order valence-electron chi connectivity index (χ1n) is 8.30. The Morgan fingerprint density at radius 1 is 1.48 bits per heavy atom. The molecule has 2 fully saturated rings. The number of hydroxylamine groups is 2. The largest absolute Gasteiger partial charge is 1.00 e. The molecule has 2 saturated heterocycles. The Hall–Kier alpha value is -1.91. The van der Waals surface area contributed by atoms with E-state index in [0.29, 0.717) is 5.06 Å². The van der Waals surface area contributed by atoms with E-state index in [0.717, 1.165) is 23.1 Å². The number of thioether (sulfide) groups is 1. The first kappa shape index (κ1) is 25.4. The maximum atomic E-state index is 13.1. The van der Waals surface area contributed by atoms with Crippen LogP contribution in [0.4, 0.5) is 5.13 Å². The fraction of sp³-hybridized carbons (Fsp3) is 0.467. The molecule has 3 N–H and O–H groups in total. The number of amides is 2. The zero-order valence-electron chi connectivity index (χ0n) is 16.7. The Morgan fingerprint density at radius 2 is 2.19 bits per heavy atom. The van der Waals surface area contributed by atoms with Crippen molar-refractivity contribution in [3.05, 3.63) is 11.1 Å². The molecule has 1 aromatic rings. The molecule has 2 aliphatic rings. The summed E-state index contributed by atoms with van der Waals surface area (Å²) in [6, 6.07) is 0. The van der Waals surface area contributed by atoms with Gasteiger partial charge in [0.2, 0.25) is 0 Å². The van der Waals surface area contributed by atoms with E-state index < -0.39 is 41.0 Å². The van der Waals surface area contributed by atoms with Crippen LogP contribution < -0.4 is 45.7 Å². The first-order valence-corrected chi connectivity index (χ1v) is 10.4. The number of carbonyl (C=O) groups excluding carboxylic acids is 4. The van der Waals surface area contributed by atoms with Gasteiger partial charge in [-0.15, -0.1) is 23.1 Å². The monoisotopic (exact) mass is 481 g/mol. The predicted molar refractivity (Wildman–Crippen MR) is 100 cm³/mol. The summed E-state index contributed by atoms with van der Waals surface area (Å²) in [4.78, 5) is 61.3. The van der Waals surface area contributed by atoms with Crippen LogP contribution in [-0.4, -0.2) is 70.1 Å². The maximum Gasteiger partial charge on any atom is 1.00 e. The molecular formula is C15H16N5NaO8S2. The van der Waals surface area contributed by atoms with Crippen molar-refractivity contribution in [1.82, 2.24) is 15.4 Å². The van der Waals surface area contributed by atoms with Crippen LogP contribution >= 0.6 is 23.1 Å². The Morgan fingerprint density at radius 3 is 2.68 bits per heavy atom. The molecule has 31 heavy (non-hydrogen) atoms. The van der Waals surface area contributed by atoms with E-state index in [4.69, 9.17) is 15.3 Å². The summed E-state index contributed by atoms with van der Waals surface area (Å²) in [6.45, 7) is -0.440. The molecule has 3 heterocycles. The number of nitrogen functional groups attached to an aromatic ring is 1. The molecule has 2 atom stereocenters. The second-order valence-electron chi connectivity index (χ2n) is 6.10. The van der Waals surface area contributed by atoms with Gasteiger partial charge in [0, 0.05) is 11.8 Å². The summed E-state index contributed by atoms with van der Waals surface area (Å²) in [6.07, 6.45) is 0.911. The summed E-state index contributed by atoms with van der Waals surface area (Å²) >= 11 is 1.95. The molecule has 1 unspecified atom stereocenters. The second kappa shape index (κ2) is 9.70. The molecular weight excluding hydrogens is 465 g/mol. The summed E-state index contributed by atoms with van der Waals surface area (Å²) < 4.78 is 4.86. The van der Waals surface area contributed by atoms with Gasteiger partial charge in [0.1, 0.15) is 25.4 Å². The van der Waals surface area contributed by atoms with Crippen molar-refractivity contribution >= 4 is 57.7 Å². The van der Waals surface area contributed by atoms with E-state index in [1.807, 2.05) is 0 Å². The normalized spacial score (nSPS) is 25.7. The van der Waals surface area contributed by atoms with Crippen LogP contribution in [0.5, 0.6) is 0 Å². The van der Waals surface area contributed by atoms with E-state index in [-0.39, 0.29) is 58.9 Å². The van der Waals surface area contributed by atoms with Crippen molar-refractivity contribution in [3.8, 4) is 0 Å². The standard InChI is InChI=1S/C15H17N5O8S2.Na/c1-26-19-9(7-5-30-13(16)17-7)10(22)18-14(29-2)6-27-20(11(14)23)15(12(24)25)4-3-8(21)28-15;/h5H,3-4,6H2,1-2H3,(H2,16,17)(H,18,22)(H,24,25);/q;+1/p-1/b19-9-;/t14-,15?;/m0./s1. The number of nitrogens with one attached hydrogen (secondary N) is 1. The van der Waals surface area contributed by atoms with Gasteiger partial charge < -0.3 is 30.5 Å². The number of hydrogen-bond acceptors (Lipinski definition) is 13. The number of hydrogen-bond donors (Lipinski definition) is 2. The molecule has 0 saturated carbocycles. The van der Waals surface area contributed by atoms with E-state index in [1.54, 1.807) is 0 Å². The fourth-order valence-corrected chi connectivity index (χ4v) is 4.03. The number of rotatable bonds is 7. The van der Waals surface area contributed by atoms with Crippen LogP contribution in [0, 0.1) is 0 Å². The van der Waals surface area contributed by atoms with Gasteiger partial charge in [0.15, 0.2) is 15.7 Å². The number of esters is 1.